The minimum Gasteiger partial charge on any atom is -0.497 e. The van der Waals surface area contributed by atoms with E-state index in [1.807, 2.05) is 12.1 Å². The van der Waals surface area contributed by atoms with Crippen LogP contribution in [0.5, 0.6) is 5.75 Å². The molecule has 2 rings (SSSR count). The third kappa shape index (κ3) is 3.49. The Morgan fingerprint density at radius 3 is 2.94 bits per heavy atom. The van der Waals surface area contributed by atoms with Gasteiger partial charge in [-0.25, -0.2) is 0 Å². The summed E-state index contributed by atoms with van der Waals surface area (Å²) in [6.07, 6.45) is 4.19. The van der Waals surface area contributed by atoms with Crippen molar-refractivity contribution in [2.24, 2.45) is 5.92 Å². The molecule has 0 spiro atoms. The molecule has 0 radical (unpaired) electrons. The summed E-state index contributed by atoms with van der Waals surface area (Å²) >= 11 is 3.56. The Kier molecular flexibility index (Phi) is 4.24. The molecule has 0 bridgehead atoms. The Morgan fingerprint density at radius 1 is 1.44 bits per heavy atom. The van der Waals surface area contributed by atoms with Crippen LogP contribution in [0.25, 0.3) is 0 Å². The highest BCUT2D eigenvalue weighted by atomic mass is 79.9. The maximum atomic E-state index is 5.22. The van der Waals surface area contributed by atoms with Crippen molar-refractivity contribution in [2.75, 3.05) is 13.7 Å². The lowest BCUT2D eigenvalue weighted by molar-refractivity contribution is 0.414. The Morgan fingerprint density at radius 2 is 2.25 bits per heavy atom. The summed E-state index contributed by atoms with van der Waals surface area (Å²) in [5.41, 5.74) is 1.26. The van der Waals surface area contributed by atoms with Gasteiger partial charge in [-0.1, -0.05) is 28.8 Å². The van der Waals surface area contributed by atoms with Crippen LogP contribution in [-0.4, -0.2) is 13.7 Å². The van der Waals surface area contributed by atoms with Crippen LogP contribution in [0.15, 0.2) is 22.7 Å². The number of benzene rings is 1. The van der Waals surface area contributed by atoms with Gasteiger partial charge >= 0.3 is 0 Å². The zero-order valence-corrected chi connectivity index (χ0v) is 11.2. The molecule has 0 atom stereocenters. The van der Waals surface area contributed by atoms with Gasteiger partial charge in [0, 0.05) is 11.0 Å². The molecule has 0 unspecified atom stereocenters. The summed E-state index contributed by atoms with van der Waals surface area (Å²) in [5, 5.41) is 3.48. The number of hydrogen-bond donors (Lipinski definition) is 1. The van der Waals surface area contributed by atoms with Gasteiger partial charge in [0.25, 0.3) is 0 Å². The first kappa shape index (κ1) is 11.9. The molecular formula is C13H18BrNO. The second kappa shape index (κ2) is 5.69. The minimum atomic E-state index is 0.907. The maximum absolute atomic E-state index is 5.22. The predicted octanol–water partition coefficient (Wildman–Crippen LogP) is 3.35. The van der Waals surface area contributed by atoms with Crippen molar-refractivity contribution in [1.82, 2.24) is 5.32 Å². The molecule has 0 saturated heterocycles. The number of ether oxygens (including phenoxy) is 1. The number of methoxy groups -OCH3 is 1. The zero-order valence-electron chi connectivity index (χ0n) is 9.63. The molecule has 88 valence electrons. The van der Waals surface area contributed by atoms with Crippen LogP contribution in [0.3, 0.4) is 0 Å². The van der Waals surface area contributed by atoms with Gasteiger partial charge in [0.2, 0.25) is 0 Å². The normalized spacial score (nSPS) is 15.1. The van der Waals surface area contributed by atoms with Crippen LogP contribution in [-0.2, 0) is 6.54 Å². The third-order valence-electron chi connectivity index (χ3n) is 2.99. The molecule has 1 aliphatic rings. The predicted molar refractivity (Wildman–Crippen MR) is 69.7 cm³/mol. The van der Waals surface area contributed by atoms with Gasteiger partial charge in [-0.3, -0.25) is 0 Å². The van der Waals surface area contributed by atoms with Crippen LogP contribution in [0.2, 0.25) is 0 Å². The smallest absolute Gasteiger partial charge is 0.119 e. The van der Waals surface area contributed by atoms with E-state index < -0.39 is 0 Å². The Bertz CT molecular complexity index is 350. The van der Waals surface area contributed by atoms with E-state index in [0.717, 1.165) is 29.2 Å². The molecule has 1 aromatic rings. The topological polar surface area (TPSA) is 21.3 Å². The molecule has 1 aliphatic carbocycles. The molecule has 1 saturated carbocycles. The first-order valence-electron chi connectivity index (χ1n) is 5.82. The van der Waals surface area contributed by atoms with Crippen molar-refractivity contribution in [1.29, 1.82) is 0 Å². The molecule has 0 aromatic heterocycles. The first-order valence-corrected chi connectivity index (χ1v) is 6.62. The minimum absolute atomic E-state index is 0.907. The summed E-state index contributed by atoms with van der Waals surface area (Å²) in [6.45, 7) is 2.03. The second-order valence-electron chi connectivity index (χ2n) is 4.37. The van der Waals surface area contributed by atoms with Crippen LogP contribution in [0.4, 0.5) is 0 Å². The molecule has 0 aliphatic heterocycles. The van der Waals surface area contributed by atoms with Crippen LogP contribution >= 0.6 is 15.9 Å². The van der Waals surface area contributed by atoms with E-state index >= 15 is 0 Å². The molecule has 3 heteroatoms. The van der Waals surface area contributed by atoms with Gasteiger partial charge in [-0.2, -0.15) is 0 Å². The molecular weight excluding hydrogens is 266 g/mol. The summed E-state index contributed by atoms with van der Waals surface area (Å²) in [7, 11) is 1.70. The highest BCUT2D eigenvalue weighted by Crippen LogP contribution is 2.31. The summed E-state index contributed by atoms with van der Waals surface area (Å²) < 4.78 is 6.36. The van der Waals surface area contributed by atoms with E-state index in [1.54, 1.807) is 7.11 Å². The number of hydrogen-bond acceptors (Lipinski definition) is 2. The molecule has 1 aromatic carbocycles. The molecule has 1 fully saturated rings. The SMILES string of the molecule is COc1ccc(Br)c(CNCCC2CC2)c1. The summed E-state index contributed by atoms with van der Waals surface area (Å²) in [4.78, 5) is 0. The monoisotopic (exact) mass is 283 g/mol. The van der Waals surface area contributed by atoms with E-state index in [9.17, 15) is 0 Å². The first-order chi connectivity index (χ1) is 7.79. The average molecular weight is 284 g/mol. The van der Waals surface area contributed by atoms with Crippen LogP contribution < -0.4 is 10.1 Å². The molecule has 2 nitrogen and oxygen atoms in total. The number of halogens is 1. The second-order valence-corrected chi connectivity index (χ2v) is 5.22. The Hall–Kier alpha value is -0.540. The largest absolute Gasteiger partial charge is 0.497 e. The van der Waals surface area contributed by atoms with Crippen molar-refractivity contribution in [3.05, 3.63) is 28.2 Å². The summed E-state index contributed by atoms with van der Waals surface area (Å²) in [5.74, 6) is 1.92. The standard InChI is InChI=1S/C13H18BrNO/c1-16-12-4-5-13(14)11(8-12)9-15-7-6-10-2-3-10/h4-5,8,10,15H,2-3,6-7,9H2,1H3. The Balaban J connectivity index is 1.81. The molecule has 0 amide bonds. The highest BCUT2D eigenvalue weighted by molar-refractivity contribution is 9.10. The fourth-order valence-corrected chi connectivity index (χ4v) is 2.14. The molecule has 1 N–H and O–H groups in total. The molecule has 0 heterocycles. The molecule has 16 heavy (non-hydrogen) atoms. The third-order valence-corrected chi connectivity index (χ3v) is 3.77. The van der Waals surface area contributed by atoms with Crippen molar-refractivity contribution in [3.8, 4) is 5.75 Å². The van der Waals surface area contributed by atoms with Crippen molar-refractivity contribution in [3.63, 3.8) is 0 Å². The van der Waals surface area contributed by atoms with Gasteiger partial charge in [0.15, 0.2) is 0 Å². The van der Waals surface area contributed by atoms with Crippen LogP contribution in [0.1, 0.15) is 24.8 Å². The Labute approximate surface area is 106 Å². The van der Waals surface area contributed by atoms with Gasteiger partial charge in [0.05, 0.1) is 7.11 Å². The lowest BCUT2D eigenvalue weighted by atomic mass is 10.2. The van der Waals surface area contributed by atoms with Gasteiger partial charge in [0.1, 0.15) is 5.75 Å². The van der Waals surface area contributed by atoms with Crippen molar-refractivity contribution in [2.45, 2.75) is 25.8 Å². The van der Waals surface area contributed by atoms with Crippen LogP contribution in [0, 0.1) is 5.92 Å². The zero-order chi connectivity index (χ0) is 11.4. The number of rotatable bonds is 6. The van der Waals surface area contributed by atoms with Gasteiger partial charge in [-0.05, 0) is 42.6 Å². The lowest BCUT2D eigenvalue weighted by Gasteiger charge is -2.08. The van der Waals surface area contributed by atoms with Gasteiger partial charge < -0.3 is 10.1 Å². The van der Waals surface area contributed by atoms with E-state index in [-0.39, 0.29) is 0 Å². The van der Waals surface area contributed by atoms with E-state index in [1.165, 1.54) is 24.8 Å². The van der Waals surface area contributed by atoms with Crippen molar-refractivity contribution < 1.29 is 4.74 Å². The van der Waals surface area contributed by atoms with E-state index in [2.05, 4.69) is 27.3 Å². The fourth-order valence-electron chi connectivity index (χ4n) is 1.75. The van der Waals surface area contributed by atoms with E-state index in [0.29, 0.717) is 0 Å². The summed E-state index contributed by atoms with van der Waals surface area (Å²) in [6, 6.07) is 6.09. The highest BCUT2D eigenvalue weighted by Gasteiger charge is 2.19. The quantitative estimate of drug-likeness (QED) is 0.809. The van der Waals surface area contributed by atoms with Gasteiger partial charge in [-0.15, -0.1) is 0 Å². The van der Waals surface area contributed by atoms with Crippen molar-refractivity contribution >= 4 is 15.9 Å². The maximum Gasteiger partial charge on any atom is 0.119 e. The fraction of sp³-hybridized carbons (Fsp3) is 0.538. The number of nitrogens with one attached hydrogen (secondary N) is 1. The van der Waals surface area contributed by atoms with E-state index in [4.69, 9.17) is 4.74 Å². The average Bonchev–Trinajstić information content (AvgIpc) is 3.10. The lowest BCUT2D eigenvalue weighted by Crippen LogP contribution is -2.15.